The third-order valence-electron chi connectivity index (χ3n) is 6.72. The molecule has 1 aromatic heterocycles. The molecule has 120 valence electrons. The van der Waals surface area contributed by atoms with E-state index in [1.165, 1.54) is 55.5 Å². The van der Waals surface area contributed by atoms with Crippen LogP contribution in [0.5, 0.6) is 0 Å². The van der Waals surface area contributed by atoms with Crippen molar-refractivity contribution in [2.45, 2.75) is 57.3 Å². The average Bonchev–Trinajstić information content (AvgIpc) is 3.00. The van der Waals surface area contributed by atoms with Gasteiger partial charge in [-0.25, -0.2) is 4.98 Å². The molecule has 2 nitrogen and oxygen atoms in total. The first-order valence-corrected chi connectivity index (χ1v) is 9.40. The normalized spacial score (nSPS) is 34.9. The Hall–Kier alpha value is -1.57. The lowest BCUT2D eigenvalue weighted by Crippen LogP contribution is -2.49. The lowest BCUT2D eigenvalue weighted by molar-refractivity contribution is -0.00739. The number of H-pyrrole nitrogens is 1. The molecular formula is C21H26N2. The number of imidazole rings is 1. The van der Waals surface area contributed by atoms with Crippen LogP contribution in [-0.2, 0) is 11.8 Å². The lowest BCUT2D eigenvalue weighted by atomic mass is 9.48. The summed E-state index contributed by atoms with van der Waals surface area (Å²) >= 11 is 0. The Morgan fingerprint density at radius 1 is 1.00 bits per heavy atom. The van der Waals surface area contributed by atoms with Gasteiger partial charge in [-0.2, -0.15) is 0 Å². The minimum atomic E-state index is 0.392. The van der Waals surface area contributed by atoms with E-state index >= 15 is 0 Å². The van der Waals surface area contributed by atoms with Crippen molar-refractivity contribution in [1.82, 2.24) is 9.97 Å². The molecule has 0 saturated heterocycles. The Morgan fingerprint density at radius 3 is 2.17 bits per heavy atom. The maximum Gasteiger partial charge on any atom is 0.137 e. The van der Waals surface area contributed by atoms with Crippen molar-refractivity contribution in [2.75, 3.05) is 0 Å². The molecular weight excluding hydrogens is 280 g/mol. The summed E-state index contributed by atoms with van der Waals surface area (Å²) in [4.78, 5) is 8.85. The minimum Gasteiger partial charge on any atom is -0.342 e. The van der Waals surface area contributed by atoms with E-state index in [0.717, 1.165) is 30.0 Å². The van der Waals surface area contributed by atoms with Gasteiger partial charge in [0, 0.05) is 16.7 Å². The van der Waals surface area contributed by atoms with Gasteiger partial charge in [0.2, 0.25) is 0 Å². The molecule has 4 aliphatic carbocycles. The minimum absolute atomic E-state index is 0.392. The molecule has 4 saturated carbocycles. The van der Waals surface area contributed by atoms with Gasteiger partial charge in [-0.3, -0.25) is 0 Å². The Balaban J connectivity index is 1.59. The van der Waals surface area contributed by atoms with Gasteiger partial charge in [0.15, 0.2) is 0 Å². The largest absolute Gasteiger partial charge is 0.342 e. The number of aryl methyl sites for hydroxylation is 1. The van der Waals surface area contributed by atoms with Crippen LogP contribution in [0.2, 0.25) is 0 Å². The summed E-state index contributed by atoms with van der Waals surface area (Å²) in [5, 5.41) is 0. The molecule has 2 aromatic rings. The second-order valence-corrected chi connectivity index (χ2v) is 8.33. The standard InChI is InChI=1S/C21H26N2/c1-2-18-19(23-20(22-18)17-6-4-3-5-7-17)21-11-14-8-15(12-21)10-16(9-14)13-21/h3-7,14-16H,2,8-13H2,1H3,(H,22,23). The van der Waals surface area contributed by atoms with Crippen LogP contribution in [0.3, 0.4) is 0 Å². The third-order valence-corrected chi connectivity index (χ3v) is 6.72. The molecule has 4 bridgehead atoms. The first-order chi connectivity index (χ1) is 11.3. The summed E-state index contributed by atoms with van der Waals surface area (Å²) in [6.07, 6.45) is 9.74. The molecule has 0 aliphatic heterocycles. The van der Waals surface area contributed by atoms with E-state index in [4.69, 9.17) is 4.98 Å². The smallest absolute Gasteiger partial charge is 0.137 e. The van der Waals surface area contributed by atoms with Gasteiger partial charge < -0.3 is 4.98 Å². The van der Waals surface area contributed by atoms with E-state index < -0.39 is 0 Å². The summed E-state index contributed by atoms with van der Waals surface area (Å²) < 4.78 is 0. The Kier molecular flexibility index (Phi) is 2.98. The van der Waals surface area contributed by atoms with Crippen LogP contribution in [0.1, 0.15) is 56.8 Å². The maximum absolute atomic E-state index is 5.19. The van der Waals surface area contributed by atoms with Crippen molar-refractivity contribution in [1.29, 1.82) is 0 Å². The van der Waals surface area contributed by atoms with Gasteiger partial charge in [0.25, 0.3) is 0 Å². The molecule has 0 amide bonds. The van der Waals surface area contributed by atoms with Crippen LogP contribution in [0.15, 0.2) is 30.3 Å². The SMILES string of the molecule is CCc1[nH]c(-c2ccccc2)nc1C12CC3CC(CC(C3)C1)C2. The van der Waals surface area contributed by atoms with Gasteiger partial charge >= 0.3 is 0 Å². The van der Waals surface area contributed by atoms with Crippen LogP contribution in [0.4, 0.5) is 0 Å². The van der Waals surface area contributed by atoms with E-state index in [1.807, 2.05) is 0 Å². The van der Waals surface area contributed by atoms with E-state index in [9.17, 15) is 0 Å². The first-order valence-electron chi connectivity index (χ1n) is 9.40. The van der Waals surface area contributed by atoms with Crippen molar-refractivity contribution in [3.8, 4) is 11.4 Å². The molecule has 23 heavy (non-hydrogen) atoms. The van der Waals surface area contributed by atoms with Gasteiger partial charge in [0.1, 0.15) is 5.82 Å². The van der Waals surface area contributed by atoms with Gasteiger partial charge in [-0.1, -0.05) is 37.3 Å². The molecule has 4 aliphatic rings. The first kappa shape index (κ1) is 13.8. The number of aromatic nitrogens is 2. The zero-order valence-electron chi connectivity index (χ0n) is 14.0. The van der Waals surface area contributed by atoms with Gasteiger partial charge in [-0.15, -0.1) is 0 Å². The highest BCUT2D eigenvalue weighted by atomic mass is 15.0. The summed E-state index contributed by atoms with van der Waals surface area (Å²) in [6, 6.07) is 10.6. The van der Waals surface area contributed by atoms with Crippen LogP contribution in [-0.4, -0.2) is 9.97 Å². The quantitative estimate of drug-likeness (QED) is 0.839. The fourth-order valence-corrected chi connectivity index (χ4v) is 6.24. The molecule has 0 atom stereocenters. The van der Waals surface area contributed by atoms with Crippen LogP contribution in [0, 0.1) is 17.8 Å². The second-order valence-electron chi connectivity index (χ2n) is 8.33. The molecule has 1 N–H and O–H groups in total. The Bertz CT molecular complexity index is 677. The highest BCUT2D eigenvalue weighted by Crippen LogP contribution is 2.60. The van der Waals surface area contributed by atoms with E-state index in [-0.39, 0.29) is 0 Å². The predicted octanol–water partition coefficient (Wildman–Crippen LogP) is 5.11. The number of hydrogen-bond donors (Lipinski definition) is 1. The number of benzene rings is 1. The molecule has 1 aromatic carbocycles. The fourth-order valence-electron chi connectivity index (χ4n) is 6.24. The van der Waals surface area contributed by atoms with Gasteiger partial charge in [-0.05, 0) is 62.7 Å². The second kappa shape index (κ2) is 4.96. The molecule has 6 rings (SSSR count). The zero-order valence-corrected chi connectivity index (χ0v) is 14.0. The lowest BCUT2D eigenvalue weighted by Gasteiger charge is -2.56. The van der Waals surface area contributed by atoms with Crippen LogP contribution in [0.25, 0.3) is 11.4 Å². The topological polar surface area (TPSA) is 28.7 Å². The molecule has 0 spiro atoms. The highest BCUT2D eigenvalue weighted by molar-refractivity contribution is 5.56. The maximum atomic E-state index is 5.19. The Labute approximate surface area is 138 Å². The fraction of sp³-hybridized carbons (Fsp3) is 0.571. The van der Waals surface area contributed by atoms with E-state index in [0.29, 0.717) is 5.41 Å². The molecule has 1 heterocycles. The molecule has 0 unspecified atom stereocenters. The average molecular weight is 306 g/mol. The number of rotatable bonds is 3. The third kappa shape index (κ3) is 2.10. The van der Waals surface area contributed by atoms with Gasteiger partial charge in [0.05, 0.1) is 5.69 Å². The summed E-state index contributed by atoms with van der Waals surface area (Å²) in [5.74, 6) is 4.00. The van der Waals surface area contributed by atoms with Crippen molar-refractivity contribution < 1.29 is 0 Å². The Morgan fingerprint density at radius 2 is 1.61 bits per heavy atom. The number of nitrogens with one attached hydrogen (secondary N) is 1. The molecule has 2 heteroatoms. The number of hydrogen-bond acceptors (Lipinski definition) is 1. The summed E-state index contributed by atoms with van der Waals surface area (Å²) in [7, 11) is 0. The van der Waals surface area contributed by atoms with Crippen molar-refractivity contribution >= 4 is 0 Å². The number of aromatic amines is 1. The van der Waals surface area contributed by atoms with Crippen molar-refractivity contribution in [2.24, 2.45) is 17.8 Å². The van der Waals surface area contributed by atoms with Crippen LogP contribution >= 0.6 is 0 Å². The predicted molar refractivity (Wildman–Crippen MR) is 93.3 cm³/mol. The van der Waals surface area contributed by atoms with Crippen molar-refractivity contribution in [3.63, 3.8) is 0 Å². The van der Waals surface area contributed by atoms with Crippen molar-refractivity contribution in [3.05, 3.63) is 41.7 Å². The summed E-state index contributed by atoms with van der Waals surface area (Å²) in [6.45, 7) is 2.27. The molecule has 0 radical (unpaired) electrons. The van der Waals surface area contributed by atoms with Crippen LogP contribution < -0.4 is 0 Å². The van der Waals surface area contributed by atoms with E-state index in [2.05, 4.69) is 42.2 Å². The number of nitrogens with zero attached hydrogens (tertiary/aromatic N) is 1. The van der Waals surface area contributed by atoms with E-state index in [1.54, 1.807) is 0 Å². The highest BCUT2D eigenvalue weighted by Gasteiger charge is 2.53. The summed E-state index contributed by atoms with van der Waals surface area (Å²) in [5.41, 5.74) is 4.44. The monoisotopic (exact) mass is 306 g/mol. The zero-order chi connectivity index (χ0) is 15.4. The molecule has 4 fully saturated rings.